The Bertz CT molecular complexity index is 1290. The number of carbonyl (C=O) groups excluding carboxylic acids is 1. The first kappa shape index (κ1) is 22.0. The maximum Gasteiger partial charge on any atom is 0.227 e. The largest absolute Gasteiger partial charge is 0.350 e. The number of H-pyrrole nitrogens is 1. The first-order valence-corrected chi connectivity index (χ1v) is 10.8. The molecule has 2 aromatic carbocycles. The summed E-state index contributed by atoms with van der Waals surface area (Å²) in [4.78, 5) is 13.0. The zero-order valence-corrected chi connectivity index (χ0v) is 19.2. The Hall–Kier alpha value is -3.19. The van der Waals surface area contributed by atoms with Crippen molar-refractivity contribution in [1.29, 1.82) is 0 Å². The second-order valence-corrected chi connectivity index (χ2v) is 9.36. The number of aromatic amines is 1. The van der Waals surface area contributed by atoms with Crippen molar-refractivity contribution >= 4 is 28.4 Å². The molecule has 0 saturated carbocycles. The molecule has 0 aliphatic carbocycles. The van der Waals surface area contributed by atoms with E-state index in [2.05, 4.69) is 36.3 Å². The van der Waals surface area contributed by atoms with Gasteiger partial charge in [0.15, 0.2) is 0 Å². The molecule has 1 atom stereocenters. The number of nitrogens with one attached hydrogen (secondary N) is 2. The summed E-state index contributed by atoms with van der Waals surface area (Å²) in [5.74, 6) is -1.19. The number of hydrogen-bond donors (Lipinski definition) is 2. The highest BCUT2D eigenvalue weighted by atomic mass is 35.5. The minimum Gasteiger partial charge on any atom is -0.350 e. The van der Waals surface area contributed by atoms with E-state index in [1.165, 1.54) is 12.1 Å². The molecule has 0 aliphatic heterocycles. The molecule has 4 rings (SSSR count). The van der Waals surface area contributed by atoms with E-state index in [0.29, 0.717) is 16.1 Å². The minimum atomic E-state index is -0.560. The van der Waals surface area contributed by atoms with E-state index in [4.69, 9.17) is 16.7 Å². The fourth-order valence-electron chi connectivity index (χ4n) is 3.62. The third kappa shape index (κ3) is 4.39. The van der Waals surface area contributed by atoms with Gasteiger partial charge in [-0.25, -0.2) is 9.07 Å². The van der Waals surface area contributed by atoms with Crippen LogP contribution in [0.15, 0.2) is 48.7 Å². The van der Waals surface area contributed by atoms with Crippen LogP contribution in [0.3, 0.4) is 0 Å². The topological polar surface area (TPSA) is 75.6 Å². The number of fused-ring (bicyclic) bond motifs is 1. The zero-order valence-electron chi connectivity index (χ0n) is 18.4. The fourth-order valence-corrected chi connectivity index (χ4v) is 3.80. The van der Waals surface area contributed by atoms with Crippen molar-refractivity contribution in [2.45, 2.75) is 45.6 Å². The molecule has 8 heteroatoms. The van der Waals surface area contributed by atoms with Gasteiger partial charge in [0, 0.05) is 15.8 Å². The number of hydrogen-bond acceptors (Lipinski definition) is 3. The summed E-state index contributed by atoms with van der Waals surface area (Å²) in [5.41, 5.74) is 3.53. The molecule has 1 unspecified atom stereocenters. The second-order valence-electron chi connectivity index (χ2n) is 8.93. The van der Waals surface area contributed by atoms with Crippen LogP contribution >= 0.6 is 11.6 Å². The lowest BCUT2D eigenvalue weighted by Crippen LogP contribution is -2.28. The van der Waals surface area contributed by atoms with Crippen LogP contribution < -0.4 is 5.32 Å². The predicted molar refractivity (Wildman–Crippen MR) is 124 cm³/mol. The summed E-state index contributed by atoms with van der Waals surface area (Å²) in [6, 6.07) is 12.2. The third-order valence-corrected chi connectivity index (χ3v) is 5.70. The van der Waals surface area contributed by atoms with Gasteiger partial charge in [-0.2, -0.15) is 10.2 Å². The van der Waals surface area contributed by atoms with E-state index in [-0.39, 0.29) is 17.9 Å². The summed E-state index contributed by atoms with van der Waals surface area (Å²) >= 11 is 6.18. The Morgan fingerprint density at radius 3 is 2.75 bits per heavy atom. The molecule has 2 heterocycles. The first-order chi connectivity index (χ1) is 15.1. The van der Waals surface area contributed by atoms with Gasteiger partial charge >= 0.3 is 0 Å². The standard InChI is InChI=1S/C24H25ClFN5O/c1-14(19-9-16(26)10-21-20(19)13-28-29-21)23(32)27-12-18-11-22(24(2,3)4)30-31(18)17-7-5-6-15(25)8-17/h5-11,13-14H,12H2,1-4H3,(H,27,32)(H,28,29). The van der Waals surface area contributed by atoms with Crippen molar-refractivity contribution in [3.63, 3.8) is 0 Å². The molecule has 0 radical (unpaired) electrons. The van der Waals surface area contributed by atoms with Crippen LogP contribution in [0.2, 0.25) is 5.02 Å². The summed E-state index contributed by atoms with van der Waals surface area (Å²) in [5, 5.41) is 15.8. The van der Waals surface area contributed by atoms with Crippen molar-refractivity contribution in [1.82, 2.24) is 25.3 Å². The minimum absolute atomic E-state index is 0.162. The predicted octanol–water partition coefficient (Wildman–Crippen LogP) is 5.26. The number of rotatable bonds is 5. The number of amides is 1. The van der Waals surface area contributed by atoms with Crippen LogP contribution in [0.25, 0.3) is 16.6 Å². The van der Waals surface area contributed by atoms with Gasteiger partial charge in [0.05, 0.1) is 41.3 Å². The molecule has 0 spiro atoms. The Balaban J connectivity index is 1.60. The molecule has 0 fully saturated rings. The Morgan fingerprint density at radius 2 is 2.03 bits per heavy atom. The number of carbonyl (C=O) groups is 1. The SMILES string of the molecule is CC(C(=O)NCc1cc(C(C)(C)C)nn1-c1cccc(Cl)c1)c1cc(F)cc2[nH]ncc12. The van der Waals surface area contributed by atoms with E-state index in [9.17, 15) is 9.18 Å². The molecule has 0 saturated heterocycles. The average molecular weight is 454 g/mol. The maximum atomic E-state index is 14.0. The molecule has 166 valence electrons. The Labute approximate surface area is 190 Å². The highest BCUT2D eigenvalue weighted by molar-refractivity contribution is 6.30. The molecule has 4 aromatic rings. The first-order valence-electron chi connectivity index (χ1n) is 10.4. The van der Waals surface area contributed by atoms with Crippen molar-refractivity contribution in [3.8, 4) is 5.69 Å². The van der Waals surface area contributed by atoms with Crippen molar-refractivity contribution in [2.24, 2.45) is 0 Å². The summed E-state index contributed by atoms with van der Waals surface area (Å²) < 4.78 is 15.8. The smallest absolute Gasteiger partial charge is 0.227 e. The van der Waals surface area contributed by atoms with Crippen LogP contribution in [0.4, 0.5) is 4.39 Å². The normalized spacial score (nSPS) is 12.8. The summed E-state index contributed by atoms with van der Waals surface area (Å²) in [7, 11) is 0. The summed E-state index contributed by atoms with van der Waals surface area (Å²) in [6.45, 7) is 8.28. The van der Waals surface area contributed by atoms with Gasteiger partial charge < -0.3 is 5.32 Å². The van der Waals surface area contributed by atoms with Crippen LogP contribution in [0.1, 0.15) is 50.6 Å². The van der Waals surface area contributed by atoms with Crippen molar-refractivity contribution < 1.29 is 9.18 Å². The van der Waals surface area contributed by atoms with Gasteiger partial charge in [-0.1, -0.05) is 38.4 Å². The van der Waals surface area contributed by atoms with E-state index in [0.717, 1.165) is 22.5 Å². The maximum absolute atomic E-state index is 14.0. The molecule has 2 N–H and O–H groups in total. The Morgan fingerprint density at radius 1 is 1.25 bits per heavy atom. The zero-order chi connectivity index (χ0) is 23.0. The lowest BCUT2D eigenvalue weighted by atomic mass is 9.92. The van der Waals surface area contributed by atoms with Crippen LogP contribution in [-0.2, 0) is 16.8 Å². The number of benzene rings is 2. The van der Waals surface area contributed by atoms with Crippen LogP contribution in [-0.4, -0.2) is 25.9 Å². The van der Waals surface area contributed by atoms with Gasteiger partial charge in [-0.15, -0.1) is 0 Å². The fraction of sp³-hybridized carbons (Fsp3) is 0.292. The Kier molecular flexibility index (Phi) is 5.77. The monoisotopic (exact) mass is 453 g/mol. The van der Waals surface area contributed by atoms with Gasteiger partial charge in [-0.05, 0) is 48.9 Å². The molecular weight excluding hydrogens is 429 g/mol. The van der Waals surface area contributed by atoms with E-state index in [1.807, 2.05) is 24.3 Å². The quantitative estimate of drug-likeness (QED) is 0.433. The summed E-state index contributed by atoms with van der Waals surface area (Å²) in [6.07, 6.45) is 1.61. The molecule has 0 aliphatic rings. The molecule has 32 heavy (non-hydrogen) atoms. The van der Waals surface area contributed by atoms with E-state index < -0.39 is 11.7 Å². The number of nitrogens with zero attached hydrogens (tertiary/aromatic N) is 3. The molecular formula is C24H25ClFN5O. The third-order valence-electron chi connectivity index (χ3n) is 5.46. The van der Waals surface area contributed by atoms with Gasteiger partial charge in [0.25, 0.3) is 0 Å². The number of halogens is 2. The van der Waals surface area contributed by atoms with Crippen LogP contribution in [0, 0.1) is 5.82 Å². The van der Waals surface area contributed by atoms with E-state index in [1.54, 1.807) is 23.9 Å². The molecule has 0 bridgehead atoms. The molecule has 1 amide bonds. The average Bonchev–Trinajstić information content (AvgIpc) is 3.37. The van der Waals surface area contributed by atoms with Gasteiger partial charge in [-0.3, -0.25) is 9.89 Å². The van der Waals surface area contributed by atoms with Gasteiger partial charge in [0.2, 0.25) is 5.91 Å². The highest BCUT2D eigenvalue weighted by Gasteiger charge is 2.23. The highest BCUT2D eigenvalue weighted by Crippen LogP contribution is 2.27. The van der Waals surface area contributed by atoms with Crippen molar-refractivity contribution in [3.05, 3.63) is 76.5 Å². The van der Waals surface area contributed by atoms with Gasteiger partial charge in [0.1, 0.15) is 5.82 Å². The van der Waals surface area contributed by atoms with Crippen LogP contribution in [0.5, 0.6) is 0 Å². The molecule has 6 nitrogen and oxygen atoms in total. The van der Waals surface area contributed by atoms with E-state index >= 15 is 0 Å². The number of aromatic nitrogens is 4. The molecule has 2 aromatic heterocycles. The second kappa shape index (κ2) is 8.39. The lowest BCUT2D eigenvalue weighted by Gasteiger charge is -2.14. The van der Waals surface area contributed by atoms with Crippen molar-refractivity contribution in [2.75, 3.05) is 0 Å². The lowest BCUT2D eigenvalue weighted by molar-refractivity contribution is -0.122.